The molecule has 34 heavy (non-hydrogen) atoms. The van der Waals surface area contributed by atoms with Gasteiger partial charge in [0.25, 0.3) is 0 Å². The van der Waals surface area contributed by atoms with Gasteiger partial charge in [-0.3, -0.25) is 14.5 Å². The molecule has 1 unspecified atom stereocenters. The summed E-state index contributed by atoms with van der Waals surface area (Å²) in [6.45, 7) is 0.151. The first-order valence-electron chi connectivity index (χ1n) is 12.7. The van der Waals surface area contributed by atoms with Crippen molar-refractivity contribution >= 4 is 17.5 Å². The van der Waals surface area contributed by atoms with E-state index in [0.29, 0.717) is 0 Å². The van der Waals surface area contributed by atoms with Crippen LogP contribution in [0.15, 0.2) is 72.9 Å². The normalized spacial score (nSPS) is 19.9. The van der Waals surface area contributed by atoms with Crippen LogP contribution in [0.2, 0.25) is 0 Å². The molecule has 5 heteroatoms. The Bertz CT molecular complexity index is 1190. The lowest BCUT2D eigenvalue weighted by Crippen LogP contribution is -2.48. The van der Waals surface area contributed by atoms with Gasteiger partial charge in [0.1, 0.15) is 12.6 Å². The second kappa shape index (κ2) is 8.79. The largest absolute Gasteiger partial charge is 0.330 e. The lowest BCUT2D eigenvalue weighted by atomic mass is 9.88. The maximum atomic E-state index is 14.1. The lowest BCUT2D eigenvalue weighted by molar-refractivity contribution is -0.140. The van der Waals surface area contributed by atoms with Crippen molar-refractivity contribution in [2.45, 2.75) is 57.0 Å². The molecule has 0 bridgehead atoms. The number of hydrogen-bond donors (Lipinski definition) is 0. The molecule has 5 nitrogen and oxygen atoms in total. The van der Waals surface area contributed by atoms with Crippen LogP contribution in [-0.4, -0.2) is 33.9 Å². The highest BCUT2D eigenvalue weighted by atomic mass is 16.2. The van der Waals surface area contributed by atoms with E-state index in [1.54, 1.807) is 0 Å². The van der Waals surface area contributed by atoms with Crippen LogP contribution in [-0.2, 0) is 9.59 Å². The van der Waals surface area contributed by atoms with Gasteiger partial charge in [-0.05, 0) is 55.5 Å². The van der Waals surface area contributed by atoms with Gasteiger partial charge in [-0.25, -0.2) is 0 Å². The van der Waals surface area contributed by atoms with Crippen LogP contribution in [0.4, 0.5) is 5.69 Å². The molecular weight excluding hydrogens is 422 g/mol. The molecule has 0 saturated heterocycles. The Morgan fingerprint density at radius 1 is 0.794 bits per heavy atom. The molecule has 2 aromatic carbocycles. The zero-order chi connectivity index (χ0) is 23.1. The summed E-state index contributed by atoms with van der Waals surface area (Å²) in [5.41, 5.74) is 4.03. The topological polar surface area (TPSA) is 45.6 Å². The Morgan fingerprint density at radius 3 is 2.24 bits per heavy atom. The van der Waals surface area contributed by atoms with Gasteiger partial charge in [0, 0.05) is 18.2 Å². The zero-order valence-electron chi connectivity index (χ0n) is 19.5. The molecule has 3 aliphatic rings. The van der Waals surface area contributed by atoms with Gasteiger partial charge in [-0.1, -0.05) is 61.7 Å². The van der Waals surface area contributed by atoms with Crippen LogP contribution in [0.1, 0.15) is 62.2 Å². The Labute approximate surface area is 201 Å². The highest BCUT2D eigenvalue weighted by Crippen LogP contribution is 2.42. The monoisotopic (exact) mass is 453 g/mol. The fraction of sp³-hybridized carbons (Fsp3) is 0.379. The Hall–Kier alpha value is -3.34. The summed E-state index contributed by atoms with van der Waals surface area (Å²) < 4.78 is 2.18. The third-order valence-electron chi connectivity index (χ3n) is 7.63. The van der Waals surface area contributed by atoms with E-state index in [2.05, 4.69) is 35.0 Å². The fourth-order valence-corrected chi connectivity index (χ4v) is 5.79. The molecule has 3 aromatic rings. The van der Waals surface area contributed by atoms with Crippen molar-refractivity contribution in [3.05, 3.63) is 84.2 Å². The molecule has 0 radical (unpaired) electrons. The predicted octanol–water partition coefficient (Wildman–Crippen LogP) is 5.48. The van der Waals surface area contributed by atoms with Gasteiger partial charge >= 0.3 is 0 Å². The van der Waals surface area contributed by atoms with Crippen LogP contribution < -0.4 is 4.90 Å². The number of aromatic nitrogens is 1. The van der Waals surface area contributed by atoms with Crippen molar-refractivity contribution in [1.82, 2.24) is 9.47 Å². The van der Waals surface area contributed by atoms with E-state index < -0.39 is 0 Å². The van der Waals surface area contributed by atoms with Crippen molar-refractivity contribution in [3.8, 4) is 5.69 Å². The molecule has 0 N–H and O–H groups in total. The third kappa shape index (κ3) is 3.73. The summed E-state index contributed by atoms with van der Waals surface area (Å²) in [6.07, 6.45) is 9.46. The molecule has 2 saturated carbocycles. The number of carbonyl (C=O) groups is 2. The number of fused-ring (bicyclic) bond motifs is 3. The van der Waals surface area contributed by atoms with Crippen molar-refractivity contribution in [3.63, 3.8) is 0 Å². The fourth-order valence-electron chi connectivity index (χ4n) is 5.79. The molecule has 2 aliphatic carbocycles. The summed E-state index contributed by atoms with van der Waals surface area (Å²) in [6, 6.07) is 22.4. The molecule has 0 spiro atoms. The van der Waals surface area contributed by atoms with Crippen LogP contribution >= 0.6 is 0 Å². The van der Waals surface area contributed by atoms with Gasteiger partial charge in [-0.15, -0.1) is 0 Å². The van der Waals surface area contributed by atoms with E-state index in [0.717, 1.165) is 61.2 Å². The summed E-state index contributed by atoms with van der Waals surface area (Å²) in [4.78, 5) is 31.5. The number of rotatable bonds is 5. The predicted molar refractivity (Wildman–Crippen MR) is 133 cm³/mol. The third-order valence-corrected chi connectivity index (χ3v) is 7.63. The second-order valence-electron chi connectivity index (χ2n) is 9.90. The van der Waals surface area contributed by atoms with Gasteiger partial charge in [0.05, 0.1) is 17.1 Å². The molecule has 1 atom stereocenters. The molecular formula is C29H31N3O2. The number of nitrogens with zero attached hydrogens (tertiary/aromatic N) is 3. The van der Waals surface area contributed by atoms with Crippen molar-refractivity contribution < 1.29 is 9.59 Å². The smallest absolute Gasteiger partial charge is 0.247 e. The summed E-state index contributed by atoms with van der Waals surface area (Å²) in [7, 11) is 0. The van der Waals surface area contributed by atoms with Crippen molar-refractivity contribution in [2.24, 2.45) is 5.92 Å². The SMILES string of the molecule is O=C(C1CCCCC1)N(CC(=O)N1c2ccccc2-n2cccc2C1c1ccccc1)C1CC1. The maximum Gasteiger partial charge on any atom is 0.247 e. The number of benzene rings is 2. The van der Waals surface area contributed by atoms with Crippen molar-refractivity contribution in [1.29, 1.82) is 0 Å². The zero-order valence-corrected chi connectivity index (χ0v) is 19.5. The van der Waals surface area contributed by atoms with Gasteiger partial charge in [0.2, 0.25) is 11.8 Å². The van der Waals surface area contributed by atoms with Gasteiger partial charge in [0.15, 0.2) is 0 Å². The molecule has 1 aliphatic heterocycles. The van der Waals surface area contributed by atoms with Gasteiger partial charge in [-0.2, -0.15) is 0 Å². The maximum absolute atomic E-state index is 14.1. The van der Waals surface area contributed by atoms with Crippen molar-refractivity contribution in [2.75, 3.05) is 11.4 Å². The Morgan fingerprint density at radius 2 is 1.50 bits per heavy atom. The number of para-hydroxylation sites is 2. The first kappa shape index (κ1) is 21.2. The Balaban J connectivity index is 1.37. The summed E-state index contributed by atoms with van der Waals surface area (Å²) in [5.74, 6) is 0.267. The average Bonchev–Trinajstić information content (AvgIpc) is 3.62. The quantitative estimate of drug-likeness (QED) is 0.513. The van der Waals surface area contributed by atoms with Crippen LogP contribution in [0, 0.1) is 5.92 Å². The molecule has 2 amide bonds. The lowest BCUT2D eigenvalue weighted by Gasteiger charge is -2.40. The minimum atomic E-state index is -0.232. The van der Waals surface area contributed by atoms with Gasteiger partial charge < -0.3 is 9.47 Å². The van der Waals surface area contributed by atoms with E-state index in [1.165, 1.54) is 6.42 Å². The standard InChI is InChI=1S/C29H31N3O2/c33-27(20-31(23-17-18-23)29(34)22-12-5-2-6-13-22)32-25-15-8-7-14-24(25)30-19-9-16-26(30)28(32)21-10-3-1-4-11-21/h1,3-4,7-11,14-16,19,22-23,28H,2,5-6,12-13,17-18,20H2. The number of amides is 2. The van der Waals surface area contributed by atoms with E-state index >= 15 is 0 Å². The molecule has 174 valence electrons. The van der Waals surface area contributed by atoms with E-state index in [1.807, 2.05) is 52.3 Å². The van der Waals surface area contributed by atoms with E-state index in [9.17, 15) is 9.59 Å². The van der Waals surface area contributed by atoms with Crippen LogP contribution in [0.25, 0.3) is 5.69 Å². The molecule has 1 aromatic heterocycles. The van der Waals surface area contributed by atoms with E-state index in [4.69, 9.17) is 0 Å². The Kier molecular flexibility index (Phi) is 5.48. The molecule has 6 rings (SSSR count). The first-order chi connectivity index (χ1) is 16.7. The minimum Gasteiger partial charge on any atom is -0.330 e. The van der Waals surface area contributed by atoms with Crippen LogP contribution in [0.3, 0.4) is 0 Å². The molecule has 2 fully saturated rings. The second-order valence-corrected chi connectivity index (χ2v) is 9.90. The van der Waals surface area contributed by atoms with Crippen LogP contribution in [0.5, 0.6) is 0 Å². The number of carbonyl (C=O) groups excluding carboxylic acids is 2. The summed E-state index contributed by atoms with van der Waals surface area (Å²) >= 11 is 0. The number of anilines is 1. The average molecular weight is 454 g/mol. The molecule has 2 heterocycles. The summed E-state index contributed by atoms with van der Waals surface area (Å²) in [5, 5.41) is 0. The number of hydrogen-bond acceptors (Lipinski definition) is 2. The van der Waals surface area contributed by atoms with E-state index in [-0.39, 0.29) is 36.4 Å². The first-order valence-corrected chi connectivity index (χ1v) is 12.7. The highest BCUT2D eigenvalue weighted by Gasteiger charge is 2.41. The highest BCUT2D eigenvalue weighted by molar-refractivity contribution is 6.00. The minimum absolute atomic E-state index is 0.00943.